The molecule has 5 nitrogen and oxygen atoms in total. The molecule has 6 heteroatoms. The number of sulfonamides is 1. The molecule has 0 spiro atoms. The van der Waals surface area contributed by atoms with Gasteiger partial charge in [-0.05, 0) is 61.8 Å². The normalized spacial score (nSPS) is 18.8. The van der Waals surface area contributed by atoms with Crippen LogP contribution in [0.25, 0.3) is 0 Å². The number of benzene rings is 1. The average molecular weight is 308 g/mol. The number of hydrogen-bond donors (Lipinski definition) is 2. The second-order valence-corrected chi connectivity index (χ2v) is 7.64. The van der Waals surface area contributed by atoms with Crippen LogP contribution in [0, 0.1) is 11.8 Å². The molecule has 2 aliphatic carbocycles. The highest BCUT2D eigenvalue weighted by molar-refractivity contribution is 7.89. The van der Waals surface area contributed by atoms with Crippen molar-refractivity contribution in [2.75, 3.05) is 7.05 Å². The van der Waals surface area contributed by atoms with Gasteiger partial charge in [0.15, 0.2) is 0 Å². The number of carbonyl (C=O) groups excluding carboxylic acids is 1. The molecule has 0 radical (unpaired) electrons. The Hall–Kier alpha value is -1.40. The largest absolute Gasteiger partial charge is 0.355 e. The van der Waals surface area contributed by atoms with Crippen molar-refractivity contribution >= 4 is 15.9 Å². The molecule has 1 aromatic carbocycles. The minimum absolute atomic E-state index is 0.0913. The molecule has 0 aromatic heterocycles. The first-order valence-corrected chi connectivity index (χ1v) is 8.84. The maximum atomic E-state index is 12.4. The van der Waals surface area contributed by atoms with Gasteiger partial charge in [0.2, 0.25) is 10.0 Å². The summed E-state index contributed by atoms with van der Waals surface area (Å²) in [7, 11) is -1.95. The number of amides is 1. The Labute approximate surface area is 125 Å². The highest BCUT2D eigenvalue weighted by Gasteiger charge is 2.43. The van der Waals surface area contributed by atoms with Crippen molar-refractivity contribution in [3.63, 3.8) is 0 Å². The summed E-state index contributed by atoms with van der Waals surface area (Å²) in [6.45, 7) is 0. The number of rotatable bonds is 6. The van der Waals surface area contributed by atoms with E-state index in [1.54, 1.807) is 7.05 Å². The molecule has 0 aliphatic heterocycles. The van der Waals surface area contributed by atoms with Crippen LogP contribution in [-0.2, 0) is 10.0 Å². The van der Waals surface area contributed by atoms with E-state index >= 15 is 0 Å². The Morgan fingerprint density at radius 3 is 2.05 bits per heavy atom. The maximum absolute atomic E-state index is 12.4. The van der Waals surface area contributed by atoms with Crippen LogP contribution in [0.2, 0.25) is 0 Å². The van der Waals surface area contributed by atoms with Crippen molar-refractivity contribution in [3.05, 3.63) is 29.8 Å². The van der Waals surface area contributed by atoms with Crippen molar-refractivity contribution in [1.29, 1.82) is 0 Å². The van der Waals surface area contributed by atoms with Gasteiger partial charge in [-0.25, -0.2) is 13.1 Å². The van der Waals surface area contributed by atoms with Gasteiger partial charge in [0.25, 0.3) is 5.91 Å². The highest BCUT2D eigenvalue weighted by atomic mass is 32.2. The van der Waals surface area contributed by atoms with Gasteiger partial charge in [0.1, 0.15) is 0 Å². The molecular weight excluding hydrogens is 288 g/mol. The molecule has 114 valence electrons. The molecule has 0 atom stereocenters. The van der Waals surface area contributed by atoms with Crippen LogP contribution in [0.4, 0.5) is 0 Å². The van der Waals surface area contributed by atoms with E-state index in [4.69, 9.17) is 0 Å². The van der Waals surface area contributed by atoms with E-state index in [1.165, 1.54) is 24.3 Å². The molecule has 3 rings (SSSR count). The summed E-state index contributed by atoms with van der Waals surface area (Å²) in [5.41, 5.74) is 0.456. The first-order chi connectivity index (χ1) is 10.0. The molecular formula is C15H20N2O3S. The van der Waals surface area contributed by atoms with Crippen LogP contribution >= 0.6 is 0 Å². The lowest BCUT2D eigenvalue weighted by atomic mass is 10.1. The summed E-state index contributed by atoms with van der Waals surface area (Å²) >= 11 is 0. The van der Waals surface area contributed by atoms with E-state index in [-0.39, 0.29) is 16.8 Å². The van der Waals surface area contributed by atoms with E-state index in [0.29, 0.717) is 17.4 Å². The molecule has 2 fully saturated rings. The average Bonchev–Trinajstić information content (AvgIpc) is 3.37. The Kier molecular flexibility index (Phi) is 3.75. The van der Waals surface area contributed by atoms with Gasteiger partial charge in [0.05, 0.1) is 4.90 Å². The minimum atomic E-state index is -3.50. The Morgan fingerprint density at radius 2 is 1.62 bits per heavy atom. The topological polar surface area (TPSA) is 75.3 Å². The SMILES string of the molecule is CNC(=O)c1ccc(S(=O)(=O)NC(C2CC2)C2CC2)cc1. The van der Waals surface area contributed by atoms with Crippen LogP contribution < -0.4 is 10.0 Å². The lowest BCUT2D eigenvalue weighted by molar-refractivity contribution is 0.0963. The van der Waals surface area contributed by atoms with Crippen LogP contribution in [-0.4, -0.2) is 27.4 Å². The number of carbonyl (C=O) groups is 1. The molecule has 2 aliphatic rings. The third-order valence-corrected chi connectivity index (χ3v) is 5.68. The minimum Gasteiger partial charge on any atom is -0.355 e. The number of nitrogens with one attached hydrogen (secondary N) is 2. The summed E-state index contributed by atoms with van der Waals surface area (Å²) < 4.78 is 27.8. The van der Waals surface area contributed by atoms with Crippen LogP contribution in [0.1, 0.15) is 36.0 Å². The fourth-order valence-corrected chi connectivity index (χ4v) is 4.04. The molecule has 0 bridgehead atoms. The Balaban J connectivity index is 1.76. The molecule has 1 aromatic rings. The predicted molar refractivity (Wildman–Crippen MR) is 79.4 cm³/mol. The lowest BCUT2D eigenvalue weighted by Gasteiger charge is -2.17. The standard InChI is InChI=1S/C15H20N2O3S/c1-16-15(18)12-6-8-13(9-7-12)21(19,20)17-14(10-2-3-10)11-4-5-11/h6-11,14,17H,2-5H2,1H3,(H,16,18). The van der Waals surface area contributed by atoms with E-state index in [1.807, 2.05) is 0 Å². The van der Waals surface area contributed by atoms with E-state index in [0.717, 1.165) is 25.7 Å². The maximum Gasteiger partial charge on any atom is 0.251 e. The van der Waals surface area contributed by atoms with Crippen molar-refractivity contribution in [1.82, 2.24) is 10.0 Å². The van der Waals surface area contributed by atoms with Crippen LogP contribution in [0.15, 0.2) is 29.2 Å². The van der Waals surface area contributed by atoms with Gasteiger partial charge in [0, 0.05) is 18.7 Å². The summed E-state index contributed by atoms with van der Waals surface area (Å²) in [5.74, 6) is 0.801. The summed E-state index contributed by atoms with van der Waals surface area (Å²) in [4.78, 5) is 11.7. The van der Waals surface area contributed by atoms with Crippen LogP contribution in [0.3, 0.4) is 0 Å². The van der Waals surface area contributed by atoms with Crippen LogP contribution in [0.5, 0.6) is 0 Å². The van der Waals surface area contributed by atoms with E-state index < -0.39 is 10.0 Å². The lowest BCUT2D eigenvalue weighted by Crippen LogP contribution is -2.38. The first kappa shape index (κ1) is 14.5. The highest BCUT2D eigenvalue weighted by Crippen LogP contribution is 2.45. The fraction of sp³-hybridized carbons (Fsp3) is 0.533. The van der Waals surface area contributed by atoms with Crippen molar-refractivity contribution < 1.29 is 13.2 Å². The predicted octanol–water partition coefficient (Wildman–Crippen LogP) is 1.51. The summed E-state index contributed by atoms with van der Waals surface area (Å²) in [6.07, 6.45) is 4.50. The molecule has 2 saturated carbocycles. The zero-order valence-corrected chi connectivity index (χ0v) is 12.8. The Morgan fingerprint density at radius 1 is 1.10 bits per heavy atom. The molecule has 2 N–H and O–H groups in total. The molecule has 21 heavy (non-hydrogen) atoms. The Bertz CT molecular complexity index is 619. The first-order valence-electron chi connectivity index (χ1n) is 7.36. The quantitative estimate of drug-likeness (QED) is 0.836. The smallest absolute Gasteiger partial charge is 0.251 e. The monoisotopic (exact) mass is 308 g/mol. The third kappa shape index (κ3) is 3.27. The summed E-state index contributed by atoms with van der Waals surface area (Å²) in [6, 6.07) is 6.15. The molecule has 0 heterocycles. The van der Waals surface area contributed by atoms with Crippen molar-refractivity contribution in [3.8, 4) is 0 Å². The van der Waals surface area contributed by atoms with Gasteiger partial charge >= 0.3 is 0 Å². The second kappa shape index (κ2) is 5.42. The van der Waals surface area contributed by atoms with E-state index in [9.17, 15) is 13.2 Å². The summed E-state index contributed by atoms with van der Waals surface area (Å²) in [5, 5.41) is 2.51. The molecule has 1 amide bonds. The van der Waals surface area contributed by atoms with Gasteiger partial charge < -0.3 is 5.32 Å². The zero-order valence-electron chi connectivity index (χ0n) is 12.0. The zero-order chi connectivity index (χ0) is 15.0. The van der Waals surface area contributed by atoms with E-state index in [2.05, 4.69) is 10.0 Å². The van der Waals surface area contributed by atoms with Gasteiger partial charge in [-0.1, -0.05) is 0 Å². The molecule has 0 saturated heterocycles. The van der Waals surface area contributed by atoms with Gasteiger partial charge in [-0.2, -0.15) is 0 Å². The third-order valence-electron chi connectivity index (χ3n) is 4.20. The molecule has 0 unspecified atom stereocenters. The van der Waals surface area contributed by atoms with Gasteiger partial charge in [-0.15, -0.1) is 0 Å². The van der Waals surface area contributed by atoms with Crippen molar-refractivity contribution in [2.45, 2.75) is 36.6 Å². The van der Waals surface area contributed by atoms with Gasteiger partial charge in [-0.3, -0.25) is 4.79 Å². The second-order valence-electron chi connectivity index (χ2n) is 5.93. The fourth-order valence-electron chi connectivity index (χ4n) is 2.67. The van der Waals surface area contributed by atoms with Crippen molar-refractivity contribution in [2.24, 2.45) is 11.8 Å². The number of hydrogen-bond acceptors (Lipinski definition) is 3.